The number of hydrogen-bond donors (Lipinski definition) is 1. The zero-order valence-electron chi connectivity index (χ0n) is 9.98. The van der Waals surface area contributed by atoms with E-state index in [9.17, 15) is 8.42 Å². The molecule has 0 saturated carbocycles. The minimum atomic E-state index is -3.02. The quantitative estimate of drug-likeness (QED) is 0.798. The Morgan fingerprint density at radius 2 is 2.19 bits per heavy atom. The third kappa shape index (κ3) is 2.76. The maximum atomic E-state index is 12.1. The molecule has 2 aliphatic rings. The molecule has 2 heterocycles. The zero-order valence-corrected chi connectivity index (χ0v) is 10.8. The summed E-state index contributed by atoms with van der Waals surface area (Å²) in [4.78, 5) is 0. The first kappa shape index (κ1) is 12.3. The largest absolute Gasteiger partial charge is 0.313 e. The van der Waals surface area contributed by atoms with Crippen LogP contribution in [0.2, 0.25) is 0 Å². The molecule has 0 spiro atoms. The predicted molar refractivity (Wildman–Crippen MR) is 64.8 cm³/mol. The monoisotopic (exact) mass is 246 g/mol. The van der Waals surface area contributed by atoms with Crippen LogP contribution in [0.4, 0.5) is 0 Å². The normalized spacial score (nSPS) is 32.3. The molecule has 0 amide bonds. The van der Waals surface area contributed by atoms with E-state index in [-0.39, 0.29) is 6.04 Å². The van der Waals surface area contributed by atoms with Gasteiger partial charge in [0.1, 0.15) is 0 Å². The van der Waals surface area contributed by atoms with Gasteiger partial charge in [0.15, 0.2) is 0 Å². The van der Waals surface area contributed by atoms with E-state index in [4.69, 9.17) is 0 Å². The van der Waals surface area contributed by atoms with Gasteiger partial charge in [0.25, 0.3) is 0 Å². The molecular formula is C11H22N2O2S. The van der Waals surface area contributed by atoms with Crippen LogP contribution in [-0.2, 0) is 10.0 Å². The van der Waals surface area contributed by atoms with E-state index in [0.717, 1.165) is 45.3 Å². The second-order valence-corrected chi connectivity index (χ2v) is 7.01. The van der Waals surface area contributed by atoms with Crippen LogP contribution >= 0.6 is 0 Å². The van der Waals surface area contributed by atoms with Gasteiger partial charge in [-0.1, -0.05) is 13.3 Å². The standard InChI is InChI=1S/C11H22N2O2S/c1-2-10-5-7-13(8-10)16(14,15)9-11-4-3-6-12-11/h10-12H,2-9H2,1H3. The van der Waals surface area contributed by atoms with Gasteiger partial charge in [0.2, 0.25) is 10.0 Å². The Labute approximate surface area is 98.4 Å². The molecule has 0 radical (unpaired) electrons. The molecule has 2 atom stereocenters. The number of sulfonamides is 1. The highest BCUT2D eigenvalue weighted by Gasteiger charge is 2.32. The highest BCUT2D eigenvalue weighted by Crippen LogP contribution is 2.23. The summed E-state index contributed by atoms with van der Waals surface area (Å²) in [6.07, 6.45) is 4.24. The highest BCUT2D eigenvalue weighted by molar-refractivity contribution is 7.89. The minimum Gasteiger partial charge on any atom is -0.313 e. The van der Waals surface area contributed by atoms with Crippen molar-refractivity contribution in [3.05, 3.63) is 0 Å². The fraction of sp³-hybridized carbons (Fsp3) is 1.00. The maximum Gasteiger partial charge on any atom is 0.215 e. The van der Waals surface area contributed by atoms with Crippen molar-refractivity contribution in [2.45, 2.75) is 38.6 Å². The van der Waals surface area contributed by atoms with Crippen molar-refractivity contribution < 1.29 is 8.42 Å². The molecule has 0 aromatic rings. The van der Waals surface area contributed by atoms with Crippen molar-refractivity contribution >= 4 is 10.0 Å². The van der Waals surface area contributed by atoms with Crippen LogP contribution in [0.1, 0.15) is 32.6 Å². The van der Waals surface area contributed by atoms with Crippen LogP contribution in [0, 0.1) is 5.92 Å². The molecule has 0 bridgehead atoms. The Kier molecular flexibility index (Phi) is 3.87. The first-order chi connectivity index (χ1) is 7.62. The van der Waals surface area contributed by atoms with Gasteiger partial charge in [-0.3, -0.25) is 0 Å². The molecule has 0 aromatic heterocycles. The molecular weight excluding hydrogens is 224 g/mol. The second-order valence-electron chi connectivity index (χ2n) is 4.99. The van der Waals surface area contributed by atoms with E-state index in [1.165, 1.54) is 0 Å². The molecule has 16 heavy (non-hydrogen) atoms. The zero-order chi connectivity index (χ0) is 11.6. The lowest BCUT2D eigenvalue weighted by Crippen LogP contribution is -2.38. The minimum absolute atomic E-state index is 0.186. The van der Waals surface area contributed by atoms with Crippen molar-refractivity contribution in [1.82, 2.24) is 9.62 Å². The summed E-state index contributed by atoms with van der Waals surface area (Å²) in [5, 5.41) is 3.26. The predicted octanol–water partition coefficient (Wildman–Crippen LogP) is 0.800. The Hall–Kier alpha value is -0.130. The average molecular weight is 246 g/mol. The summed E-state index contributed by atoms with van der Waals surface area (Å²) in [6, 6.07) is 0.186. The number of rotatable bonds is 4. The summed E-state index contributed by atoms with van der Waals surface area (Å²) < 4.78 is 26.0. The number of nitrogens with zero attached hydrogens (tertiary/aromatic N) is 1. The van der Waals surface area contributed by atoms with Gasteiger partial charge >= 0.3 is 0 Å². The lowest BCUT2D eigenvalue weighted by Gasteiger charge is -2.19. The van der Waals surface area contributed by atoms with Crippen LogP contribution in [0.5, 0.6) is 0 Å². The van der Waals surface area contributed by atoms with E-state index in [1.54, 1.807) is 4.31 Å². The van der Waals surface area contributed by atoms with E-state index in [0.29, 0.717) is 11.7 Å². The maximum absolute atomic E-state index is 12.1. The summed E-state index contributed by atoms with van der Waals surface area (Å²) in [5.74, 6) is 0.870. The molecule has 1 N–H and O–H groups in total. The van der Waals surface area contributed by atoms with Crippen molar-refractivity contribution in [3.63, 3.8) is 0 Å². The molecule has 94 valence electrons. The molecule has 2 rings (SSSR count). The summed E-state index contributed by atoms with van der Waals surface area (Å²) in [6.45, 7) is 4.58. The van der Waals surface area contributed by atoms with Crippen molar-refractivity contribution in [1.29, 1.82) is 0 Å². The molecule has 2 unspecified atom stereocenters. The van der Waals surface area contributed by atoms with Crippen molar-refractivity contribution in [2.75, 3.05) is 25.4 Å². The van der Waals surface area contributed by atoms with Gasteiger partial charge in [-0.05, 0) is 31.7 Å². The Morgan fingerprint density at radius 3 is 2.75 bits per heavy atom. The van der Waals surface area contributed by atoms with Crippen molar-refractivity contribution in [2.24, 2.45) is 5.92 Å². The molecule has 2 saturated heterocycles. The van der Waals surface area contributed by atoms with E-state index in [2.05, 4.69) is 12.2 Å². The van der Waals surface area contributed by atoms with Gasteiger partial charge in [0.05, 0.1) is 5.75 Å². The van der Waals surface area contributed by atoms with Gasteiger partial charge in [-0.25, -0.2) is 12.7 Å². The SMILES string of the molecule is CCC1CCN(S(=O)(=O)CC2CCCN2)C1. The molecule has 4 nitrogen and oxygen atoms in total. The van der Waals surface area contributed by atoms with Gasteiger partial charge in [0, 0.05) is 19.1 Å². The third-order valence-electron chi connectivity index (χ3n) is 3.79. The van der Waals surface area contributed by atoms with Crippen LogP contribution in [0.3, 0.4) is 0 Å². The number of hydrogen-bond acceptors (Lipinski definition) is 3. The van der Waals surface area contributed by atoms with Gasteiger partial charge in [-0.15, -0.1) is 0 Å². The van der Waals surface area contributed by atoms with E-state index < -0.39 is 10.0 Å². The fourth-order valence-electron chi connectivity index (χ4n) is 2.64. The first-order valence-corrected chi connectivity index (χ1v) is 7.94. The topological polar surface area (TPSA) is 49.4 Å². The first-order valence-electron chi connectivity index (χ1n) is 6.33. The summed E-state index contributed by atoms with van der Waals surface area (Å²) >= 11 is 0. The Balaban J connectivity index is 1.91. The Morgan fingerprint density at radius 1 is 1.38 bits per heavy atom. The smallest absolute Gasteiger partial charge is 0.215 e. The van der Waals surface area contributed by atoms with Crippen LogP contribution in [0.15, 0.2) is 0 Å². The van der Waals surface area contributed by atoms with Crippen LogP contribution in [0.25, 0.3) is 0 Å². The van der Waals surface area contributed by atoms with E-state index in [1.807, 2.05) is 0 Å². The fourth-order valence-corrected chi connectivity index (χ4v) is 4.47. The summed E-state index contributed by atoms with van der Waals surface area (Å²) in [7, 11) is -3.02. The lowest BCUT2D eigenvalue weighted by atomic mass is 10.1. The van der Waals surface area contributed by atoms with Gasteiger partial charge in [-0.2, -0.15) is 0 Å². The molecule has 2 aliphatic heterocycles. The van der Waals surface area contributed by atoms with Crippen molar-refractivity contribution in [3.8, 4) is 0 Å². The molecule has 5 heteroatoms. The molecule has 0 aromatic carbocycles. The third-order valence-corrected chi connectivity index (χ3v) is 5.74. The van der Waals surface area contributed by atoms with Crippen LogP contribution in [-0.4, -0.2) is 44.2 Å². The second kappa shape index (κ2) is 5.02. The average Bonchev–Trinajstić information content (AvgIpc) is 2.85. The lowest BCUT2D eigenvalue weighted by molar-refractivity contribution is 0.447. The highest BCUT2D eigenvalue weighted by atomic mass is 32.2. The summed E-state index contributed by atoms with van der Waals surface area (Å²) in [5.41, 5.74) is 0. The Bertz CT molecular complexity index is 323. The van der Waals surface area contributed by atoms with Gasteiger partial charge < -0.3 is 5.32 Å². The van der Waals surface area contributed by atoms with Crippen LogP contribution < -0.4 is 5.32 Å². The number of nitrogens with one attached hydrogen (secondary N) is 1. The molecule has 0 aliphatic carbocycles. The van der Waals surface area contributed by atoms with E-state index >= 15 is 0 Å². The molecule has 2 fully saturated rings.